The van der Waals surface area contributed by atoms with E-state index in [1.165, 1.54) is 0 Å². The van der Waals surface area contributed by atoms with Gasteiger partial charge in [0, 0.05) is 12.7 Å². The van der Waals surface area contributed by atoms with Crippen LogP contribution in [0.2, 0.25) is 0 Å². The Morgan fingerprint density at radius 2 is 2.11 bits per heavy atom. The van der Waals surface area contributed by atoms with Crippen molar-refractivity contribution in [2.75, 3.05) is 6.54 Å². The number of pyridine rings is 1. The molecule has 0 aliphatic rings. The summed E-state index contributed by atoms with van der Waals surface area (Å²) in [7, 11) is -3.83. The third kappa shape index (κ3) is 4.67. The van der Waals surface area contributed by atoms with Gasteiger partial charge in [-0.25, -0.2) is 17.5 Å². The van der Waals surface area contributed by atoms with Gasteiger partial charge in [0.15, 0.2) is 0 Å². The summed E-state index contributed by atoms with van der Waals surface area (Å²) < 4.78 is 38.6. The van der Waals surface area contributed by atoms with Gasteiger partial charge in [0.2, 0.25) is 10.0 Å². The van der Waals surface area contributed by atoms with Crippen molar-refractivity contribution in [1.29, 1.82) is 0 Å². The predicted octanol–water partition coefficient (Wildman–Crippen LogP) is 0.906. The maximum atomic E-state index is 12.9. The number of nitrogens with one attached hydrogen (secondary N) is 1. The highest BCUT2D eigenvalue weighted by atomic mass is 32.2. The molecule has 1 unspecified atom stereocenters. The molecule has 0 aliphatic heterocycles. The Hall–Kier alpha value is -1.05. The van der Waals surface area contributed by atoms with E-state index in [2.05, 4.69) is 9.71 Å². The molecule has 2 N–H and O–H groups in total. The maximum absolute atomic E-state index is 12.9. The summed E-state index contributed by atoms with van der Waals surface area (Å²) in [6, 6.07) is 0.879. The quantitative estimate of drug-likeness (QED) is 0.809. The summed E-state index contributed by atoms with van der Waals surface area (Å²) in [4.78, 5) is 3.22. The van der Waals surface area contributed by atoms with Crippen molar-refractivity contribution in [2.45, 2.75) is 31.3 Å². The molecule has 0 aromatic carbocycles. The van der Waals surface area contributed by atoms with Crippen LogP contribution in [0.15, 0.2) is 23.4 Å². The van der Waals surface area contributed by atoms with E-state index in [0.717, 1.165) is 18.5 Å². The van der Waals surface area contributed by atoms with Crippen LogP contribution in [0.5, 0.6) is 0 Å². The van der Waals surface area contributed by atoms with Crippen LogP contribution in [-0.2, 0) is 10.0 Å². The Kier molecular flexibility index (Phi) is 5.18. The molecule has 5 nitrogen and oxygen atoms in total. The maximum Gasteiger partial charge on any atom is 0.242 e. The molecule has 0 saturated heterocycles. The molecule has 1 heterocycles. The first-order valence-corrected chi connectivity index (χ1v) is 7.08. The Balaban J connectivity index is 2.66. The van der Waals surface area contributed by atoms with Crippen LogP contribution in [0.4, 0.5) is 4.39 Å². The zero-order chi connectivity index (χ0) is 13.8. The minimum Gasteiger partial charge on any atom is -0.392 e. The van der Waals surface area contributed by atoms with E-state index in [0.29, 0.717) is 6.42 Å². The summed E-state index contributed by atoms with van der Waals surface area (Å²) in [6.07, 6.45) is 1.71. The molecule has 1 aromatic heterocycles. The van der Waals surface area contributed by atoms with E-state index >= 15 is 0 Å². The molecule has 1 rings (SSSR count). The average molecular weight is 276 g/mol. The number of aliphatic hydroxyl groups is 1. The van der Waals surface area contributed by atoms with Crippen LogP contribution in [-0.4, -0.2) is 31.2 Å². The topological polar surface area (TPSA) is 79.3 Å². The number of hydrogen-bond donors (Lipinski definition) is 2. The van der Waals surface area contributed by atoms with E-state index in [1.807, 2.05) is 13.8 Å². The number of halogens is 1. The lowest BCUT2D eigenvalue weighted by Crippen LogP contribution is -2.32. The van der Waals surface area contributed by atoms with E-state index in [9.17, 15) is 17.9 Å². The molecule has 1 atom stereocenters. The minimum absolute atomic E-state index is 0.100. The molecule has 1 aromatic rings. The molecule has 0 radical (unpaired) electrons. The molecule has 0 aliphatic carbocycles. The number of hydrogen-bond acceptors (Lipinski definition) is 4. The lowest BCUT2D eigenvalue weighted by molar-refractivity contribution is 0.152. The van der Waals surface area contributed by atoms with Crippen molar-refractivity contribution in [1.82, 2.24) is 9.71 Å². The first-order valence-electron chi connectivity index (χ1n) is 5.59. The third-order valence-corrected chi connectivity index (χ3v) is 3.63. The van der Waals surface area contributed by atoms with Crippen LogP contribution in [0.25, 0.3) is 0 Å². The monoisotopic (exact) mass is 276 g/mol. The van der Waals surface area contributed by atoms with Gasteiger partial charge in [-0.1, -0.05) is 13.8 Å². The average Bonchev–Trinajstić information content (AvgIpc) is 2.26. The van der Waals surface area contributed by atoms with Crippen LogP contribution in [0.1, 0.15) is 20.3 Å². The third-order valence-electron chi connectivity index (χ3n) is 2.24. The number of rotatable bonds is 6. The van der Waals surface area contributed by atoms with Crippen LogP contribution in [0.3, 0.4) is 0 Å². The van der Waals surface area contributed by atoms with Gasteiger partial charge >= 0.3 is 0 Å². The molecule has 0 spiro atoms. The van der Waals surface area contributed by atoms with E-state index in [-0.39, 0.29) is 17.4 Å². The lowest BCUT2D eigenvalue weighted by atomic mass is 10.1. The first-order chi connectivity index (χ1) is 8.31. The molecule has 7 heteroatoms. The Morgan fingerprint density at radius 3 is 2.67 bits per heavy atom. The Morgan fingerprint density at radius 1 is 1.44 bits per heavy atom. The van der Waals surface area contributed by atoms with Crippen molar-refractivity contribution in [3.8, 4) is 0 Å². The number of nitrogens with zero attached hydrogens (tertiary/aromatic N) is 1. The van der Waals surface area contributed by atoms with Gasteiger partial charge in [0.25, 0.3) is 0 Å². The molecule has 0 bridgehead atoms. The summed E-state index contributed by atoms with van der Waals surface area (Å²) in [5.41, 5.74) is 0. The highest BCUT2D eigenvalue weighted by molar-refractivity contribution is 7.89. The van der Waals surface area contributed by atoms with Crippen molar-refractivity contribution >= 4 is 10.0 Å². The summed E-state index contributed by atoms with van der Waals surface area (Å²) in [5, 5.41) is 9.57. The van der Waals surface area contributed by atoms with Crippen molar-refractivity contribution < 1.29 is 17.9 Å². The van der Waals surface area contributed by atoms with Gasteiger partial charge in [-0.3, -0.25) is 4.98 Å². The predicted molar refractivity (Wildman–Crippen MR) is 64.8 cm³/mol. The van der Waals surface area contributed by atoms with Gasteiger partial charge < -0.3 is 5.11 Å². The van der Waals surface area contributed by atoms with Gasteiger partial charge in [-0.05, 0) is 18.4 Å². The minimum atomic E-state index is -3.83. The van der Waals surface area contributed by atoms with Crippen molar-refractivity contribution in [3.05, 3.63) is 24.3 Å². The van der Waals surface area contributed by atoms with Crippen molar-refractivity contribution in [3.63, 3.8) is 0 Å². The van der Waals surface area contributed by atoms with Crippen LogP contribution >= 0.6 is 0 Å². The van der Waals surface area contributed by atoms with E-state index in [1.54, 1.807) is 0 Å². The largest absolute Gasteiger partial charge is 0.392 e. The molecule has 0 saturated carbocycles. The standard InChI is InChI=1S/C11H17FN2O3S/c1-8(2)3-10(15)6-14-18(16,17)11-4-9(12)5-13-7-11/h4-5,7-8,10,14-15H,3,6H2,1-2H3. The zero-order valence-electron chi connectivity index (χ0n) is 10.3. The van der Waals surface area contributed by atoms with Crippen LogP contribution < -0.4 is 4.72 Å². The van der Waals surface area contributed by atoms with E-state index in [4.69, 9.17) is 0 Å². The number of sulfonamides is 1. The Labute approximate surface area is 106 Å². The lowest BCUT2D eigenvalue weighted by Gasteiger charge is -2.13. The summed E-state index contributed by atoms with van der Waals surface area (Å²) >= 11 is 0. The second-order valence-electron chi connectivity index (χ2n) is 4.47. The SMILES string of the molecule is CC(C)CC(O)CNS(=O)(=O)c1cncc(F)c1. The molecule has 0 amide bonds. The molecule has 18 heavy (non-hydrogen) atoms. The summed E-state index contributed by atoms with van der Waals surface area (Å²) in [6.45, 7) is 3.75. The van der Waals surface area contributed by atoms with Gasteiger partial charge in [0.05, 0.1) is 12.3 Å². The normalized spacial score (nSPS) is 13.8. The number of aromatic nitrogens is 1. The van der Waals surface area contributed by atoms with Gasteiger partial charge in [-0.15, -0.1) is 0 Å². The van der Waals surface area contributed by atoms with E-state index < -0.39 is 21.9 Å². The fourth-order valence-corrected chi connectivity index (χ4v) is 2.50. The molecule has 102 valence electrons. The number of aliphatic hydroxyl groups excluding tert-OH is 1. The van der Waals surface area contributed by atoms with Crippen molar-refractivity contribution in [2.24, 2.45) is 5.92 Å². The molecular weight excluding hydrogens is 259 g/mol. The molecular formula is C11H17FN2O3S. The van der Waals surface area contributed by atoms with Crippen LogP contribution in [0, 0.1) is 11.7 Å². The highest BCUT2D eigenvalue weighted by Crippen LogP contribution is 2.09. The summed E-state index contributed by atoms with van der Waals surface area (Å²) in [5.74, 6) is -0.457. The second-order valence-corrected chi connectivity index (χ2v) is 6.24. The fourth-order valence-electron chi connectivity index (χ4n) is 1.46. The molecule has 0 fully saturated rings. The Bertz CT molecular complexity index is 491. The zero-order valence-corrected chi connectivity index (χ0v) is 11.1. The second kappa shape index (κ2) is 6.21. The first kappa shape index (κ1) is 15.0. The smallest absolute Gasteiger partial charge is 0.242 e. The fraction of sp³-hybridized carbons (Fsp3) is 0.545. The van der Waals surface area contributed by atoms with Gasteiger partial charge in [0.1, 0.15) is 10.7 Å². The highest BCUT2D eigenvalue weighted by Gasteiger charge is 2.17. The van der Waals surface area contributed by atoms with Gasteiger partial charge in [-0.2, -0.15) is 0 Å².